The molecule has 0 aromatic heterocycles. The van der Waals surface area contributed by atoms with Gasteiger partial charge in [-0.1, -0.05) is 188 Å². The first-order valence-corrected chi connectivity index (χ1v) is 27.6. The molecule has 0 spiro atoms. The third-order valence-corrected chi connectivity index (χ3v) is 14.0. The molecule has 1 amide bonds. The molecule has 0 aliphatic heterocycles. The van der Waals surface area contributed by atoms with Gasteiger partial charge in [-0.05, 0) is 95.6 Å². The Morgan fingerprint density at radius 3 is 1.54 bits per heavy atom. The van der Waals surface area contributed by atoms with E-state index < -0.39 is 6.29 Å². The van der Waals surface area contributed by atoms with E-state index in [2.05, 4.69) is 42.8 Å². The van der Waals surface area contributed by atoms with Crippen molar-refractivity contribution in [2.45, 2.75) is 278 Å². The highest BCUT2D eigenvalue weighted by Crippen LogP contribution is 2.24. The van der Waals surface area contributed by atoms with Crippen LogP contribution >= 0.6 is 0 Å². The van der Waals surface area contributed by atoms with Gasteiger partial charge in [0.2, 0.25) is 5.91 Å². The molecule has 0 aromatic carbocycles. The van der Waals surface area contributed by atoms with Crippen LogP contribution in [0.3, 0.4) is 0 Å². The molecule has 0 saturated heterocycles. The number of amides is 1. The summed E-state index contributed by atoms with van der Waals surface area (Å²) in [5.41, 5.74) is 0. The lowest BCUT2D eigenvalue weighted by molar-refractivity contribution is -0.121. The van der Waals surface area contributed by atoms with Crippen LogP contribution in [-0.2, 0) is 9.53 Å². The number of nitrogens with one attached hydrogen (secondary N) is 1. The first-order valence-electron chi connectivity index (χ1n) is 27.6. The molecule has 7 nitrogen and oxygen atoms in total. The highest BCUT2D eigenvalue weighted by Gasteiger charge is 2.21. The van der Waals surface area contributed by atoms with Crippen molar-refractivity contribution in [3.05, 3.63) is 0 Å². The number of carbonyl (C=O) groups excluding carboxylic acids is 1. The van der Waals surface area contributed by atoms with E-state index in [-0.39, 0.29) is 12.5 Å². The van der Waals surface area contributed by atoms with Gasteiger partial charge in [0.1, 0.15) is 0 Å². The predicted octanol–water partition coefficient (Wildman–Crippen LogP) is 14.2. The van der Waals surface area contributed by atoms with Crippen molar-refractivity contribution in [2.24, 2.45) is 11.8 Å². The van der Waals surface area contributed by atoms with E-state index in [1.165, 1.54) is 186 Å². The van der Waals surface area contributed by atoms with E-state index in [1.54, 1.807) is 0 Å². The van der Waals surface area contributed by atoms with Gasteiger partial charge in [-0.25, -0.2) is 0 Å². The van der Waals surface area contributed by atoms with E-state index in [0.29, 0.717) is 30.9 Å². The number of unbranched alkanes of at least 4 members (excludes halogenated alkanes) is 20. The number of carbonyl (C=O) groups is 1. The molecule has 1 saturated carbocycles. The van der Waals surface area contributed by atoms with Crippen molar-refractivity contribution in [1.82, 2.24) is 15.1 Å². The lowest BCUT2D eigenvalue weighted by Gasteiger charge is -2.35. The van der Waals surface area contributed by atoms with Gasteiger partial charge in [-0.2, -0.15) is 0 Å². The van der Waals surface area contributed by atoms with Crippen molar-refractivity contribution < 1.29 is 19.7 Å². The first-order chi connectivity index (χ1) is 30.0. The van der Waals surface area contributed by atoms with Gasteiger partial charge < -0.3 is 25.2 Å². The zero-order valence-electron chi connectivity index (χ0n) is 41.7. The SMILES string of the molecule is CCCCCCCCC(CCCCCC)CNC(=O)CCCCCN(CCCCCC(O)OCC(CCCCCC)CCCCCCCC)CCN(CCO)C1CCCCC1. The third-order valence-electron chi connectivity index (χ3n) is 14.0. The van der Waals surface area contributed by atoms with Crippen molar-refractivity contribution in [3.63, 3.8) is 0 Å². The Balaban J connectivity index is 2.54. The average Bonchev–Trinajstić information content (AvgIpc) is 3.27. The van der Waals surface area contributed by atoms with Crippen molar-refractivity contribution in [2.75, 3.05) is 52.5 Å². The second kappa shape index (κ2) is 44.5. The van der Waals surface area contributed by atoms with Crippen LogP contribution < -0.4 is 5.32 Å². The summed E-state index contributed by atoms with van der Waals surface area (Å²) in [4.78, 5) is 18.2. The number of ether oxygens (including phenoxy) is 1. The summed E-state index contributed by atoms with van der Waals surface area (Å²) in [5, 5.41) is 24.1. The summed E-state index contributed by atoms with van der Waals surface area (Å²) in [6, 6.07) is 0.617. The van der Waals surface area contributed by atoms with E-state index in [0.717, 1.165) is 84.2 Å². The topological polar surface area (TPSA) is 85.3 Å². The second-order valence-electron chi connectivity index (χ2n) is 19.7. The Bertz CT molecular complexity index is 902. The number of aliphatic hydroxyl groups excluding tert-OH is 2. The summed E-state index contributed by atoms with van der Waals surface area (Å²) in [6.07, 6.45) is 45.2. The number of nitrogens with zero attached hydrogens (tertiary/aromatic N) is 2. The van der Waals surface area contributed by atoms with Crippen molar-refractivity contribution in [1.29, 1.82) is 0 Å². The molecule has 0 radical (unpaired) electrons. The standard InChI is InChI=1S/C54H109N3O4/c1-5-9-13-17-19-26-35-50(34-24-15-11-7-3)48-55-53(59)40-30-22-32-42-56(44-45-57(46-47-58)52-38-28-21-29-39-52)43-33-23-31-41-54(60)61-49-51(36-25-16-12-8-4)37-27-20-18-14-10-6-2/h50-52,54,58,60H,5-49H2,1-4H3,(H,55,59). The molecule has 7 heteroatoms. The third kappa shape index (κ3) is 36.2. The molecule has 0 heterocycles. The molecular formula is C54H109N3O4. The normalized spacial score (nSPS) is 15.2. The zero-order valence-corrected chi connectivity index (χ0v) is 41.7. The molecular weight excluding hydrogens is 755 g/mol. The lowest BCUT2D eigenvalue weighted by atomic mass is 9.94. The van der Waals surface area contributed by atoms with Crippen LogP contribution in [0.5, 0.6) is 0 Å². The molecule has 61 heavy (non-hydrogen) atoms. The highest BCUT2D eigenvalue weighted by molar-refractivity contribution is 5.75. The summed E-state index contributed by atoms with van der Waals surface area (Å²) in [7, 11) is 0. The minimum atomic E-state index is -0.643. The molecule has 0 bridgehead atoms. The molecule has 364 valence electrons. The van der Waals surface area contributed by atoms with Gasteiger partial charge in [-0.15, -0.1) is 0 Å². The maximum Gasteiger partial charge on any atom is 0.220 e. The smallest absolute Gasteiger partial charge is 0.220 e. The quantitative estimate of drug-likeness (QED) is 0.0417. The monoisotopic (exact) mass is 864 g/mol. The number of hydrogen-bond donors (Lipinski definition) is 3. The summed E-state index contributed by atoms with van der Waals surface area (Å²) < 4.78 is 6.09. The van der Waals surface area contributed by atoms with Gasteiger partial charge >= 0.3 is 0 Å². The summed E-state index contributed by atoms with van der Waals surface area (Å²) in [6.45, 7) is 15.9. The van der Waals surface area contributed by atoms with Crippen LogP contribution in [0.4, 0.5) is 0 Å². The van der Waals surface area contributed by atoms with E-state index in [9.17, 15) is 15.0 Å². The fourth-order valence-corrected chi connectivity index (χ4v) is 9.77. The van der Waals surface area contributed by atoms with Gasteiger partial charge in [0.05, 0.1) is 13.2 Å². The van der Waals surface area contributed by atoms with Gasteiger partial charge in [0.25, 0.3) is 0 Å². The summed E-state index contributed by atoms with van der Waals surface area (Å²) >= 11 is 0. The second-order valence-corrected chi connectivity index (χ2v) is 19.7. The van der Waals surface area contributed by atoms with E-state index in [1.807, 2.05) is 0 Å². The van der Waals surface area contributed by atoms with Gasteiger partial charge in [0.15, 0.2) is 6.29 Å². The molecule has 3 atom stereocenters. The maximum absolute atomic E-state index is 13.0. The molecule has 3 N–H and O–H groups in total. The maximum atomic E-state index is 13.0. The van der Waals surface area contributed by atoms with E-state index in [4.69, 9.17) is 4.74 Å². The van der Waals surface area contributed by atoms with Crippen molar-refractivity contribution in [3.8, 4) is 0 Å². The summed E-state index contributed by atoms with van der Waals surface area (Å²) in [5.74, 6) is 1.46. The van der Waals surface area contributed by atoms with Crippen LogP contribution in [0.1, 0.15) is 265 Å². The minimum absolute atomic E-state index is 0.236. The molecule has 3 unspecified atom stereocenters. The molecule has 1 fully saturated rings. The molecule has 1 rings (SSSR count). The Kier molecular flexibility index (Phi) is 42.5. The Labute approximate surface area is 381 Å². The lowest BCUT2D eigenvalue weighted by Crippen LogP contribution is -2.43. The van der Waals surface area contributed by atoms with Crippen molar-refractivity contribution >= 4 is 5.91 Å². The van der Waals surface area contributed by atoms with Crippen LogP contribution in [0.25, 0.3) is 0 Å². The molecule has 1 aliphatic rings. The Hall–Kier alpha value is -0.730. The first kappa shape index (κ1) is 58.3. The van der Waals surface area contributed by atoms with Gasteiger partial charge in [-0.3, -0.25) is 9.69 Å². The molecule has 0 aromatic rings. The largest absolute Gasteiger partial charge is 0.395 e. The van der Waals surface area contributed by atoms with E-state index >= 15 is 0 Å². The van der Waals surface area contributed by atoms with Gasteiger partial charge in [0, 0.05) is 38.6 Å². The van der Waals surface area contributed by atoms with Crippen LogP contribution in [0.15, 0.2) is 0 Å². The van der Waals surface area contributed by atoms with Crippen LogP contribution in [0.2, 0.25) is 0 Å². The fraction of sp³-hybridized carbons (Fsp3) is 0.981. The fourth-order valence-electron chi connectivity index (χ4n) is 9.77. The number of rotatable bonds is 47. The average molecular weight is 864 g/mol. The Morgan fingerprint density at radius 1 is 0.541 bits per heavy atom. The molecule has 1 aliphatic carbocycles. The van der Waals surface area contributed by atoms with Crippen LogP contribution in [-0.4, -0.2) is 90.7 Å². The minimum Gasteiger partial charge on any atom is -0.395 e. The number of aliphatic hydroxyl groups is 2. The Morgan fingerprint density at radius 2 is 1.00 bits per heavy atom. The predicted molar refractivity (Wildman–Crippen MR) is 264 cm³/mol. The highest BCUT2D eigenvalue weighted by atomic mass is 16.6. The zero-order chi connectivity index (χ0) is 44.3. The number of hydrogen-bond acceptors (Lipinski definition) is 6. The van der Waals surface area contributed by atoms with Crippen LogP contribution in [0, 0.1) is 11.8 Å².